The summed E-state index contributed by atoms with van der Waals surface area (Å²) >= 11 is 0. The van der Waals surface area contributed by atoms with Crippen LogP contribution in [0.15, 0.2) is 18.3 Å². The first-order chi connectivity index (χ1) is 12.5. The van der Waals surface area contributed by atoms with Crippen LogP contribution in [0.5, 0.6) is 0 Å². The number of nitrogens with one attached hydrogen (secondary N) is 1. The van der Waals surface area contributed by atoms with E-state index >= 15 is 0 Å². The molecule has 142 valence electrons. The smallest absolute Gasteiger partial charge is 0.245 e. The highest BCUT2D eigenvalue weighted by Crippen LogP contribution is 2.20. The van der Waals surface area contributed by atoms with Gasteiger partial charge in [-0.25, -0.2) is 0 Å². The van der Waals surface area contributed by atoms with Crippen molar-refractivity contribution in [3.63, 3.8) is 0 Å². The molecule has 3 rings (SSSR count). The zero-order valence-electron chi connectivity index (χ0n) is 15.8. The van der Waals surface area contributed by atoms with E-state index in [0.29, 0.717) is 12.5 Å². The molecule has 26 heavy (non-hydrogen) atoms. The average Bonchev–Trinajstić information content (AvgIpc) is 3.09. The highest BCUT2D eigenvalue weighted by Gasteiger charge is 2.23. The van der Waals surface area contributed by atoms with Crippen LogP contribution in [0.3, 0.4) is 0 Å². The number of carbonyl (C=O) groups excluding carboxylic acids is 1. The monoisotopic (exact) mass is 360 g/mol. The molecule has 0 aromatic carbocycles. The summed E-state index contributed by atoms with van der Waals surface area (Å²) in [6, 6.07) is 4.23. The number of rotatable bonds is 7. The standard InChI is InChI=1S/C18H28N6O2/c1-14-8-17(22(2)21-14)12-23-9-15(4-6-19-18(25)13-26-3)10-24-16(11-23)5-7-20-24/h5,7-8,15H,4,6,9-13H2,1-3H3,(H,19,25)/t15-/m0/s1. The van der Waals surface area contributed by atoms with Gasteiger partial charge >= 0.3 is 0 Å². The molecule has 0 bridgehead atoms. The first kappa shape index (κ1) is 18.6. The number of aromatic nitrogens is 4. The third kappa shape index (κ3) is 4.70. The number of aryl methyl sites for hydroxylation is 2. The van der Waals surface area contributed by atoms with Crippen molar-refractivity contribution in [1.82, 2.24) is 29.8 Å². The lowest BCUT2D eigenvalue weighted by atomic mass is 10.1. The summed E-state index contributed by atoms with van der Waals surface area (Å²) in [7, 11) is 3.52. The van der Waals surface area contributed by atoms with Crippen LogP contribution in [-0.2, 0) is 36.2 Å². The van der Waals surface area contributed by atoms with Gasteiger partial charge in [0.15, 0.2) is 0 Å². The SMILES string of the molecule is COCC(=O)NCC[C@H]1CN(Cc2cc(C)nn2C)Cc2ccnn2C1. The van der Waals surface area contributed by atoms with Crippen LogP contribution in [0.2, 0.25) is 0 Å². The molecule has 1 amide bonds. The highest BCUT2D eigenvalue weighted by atomic mass is 16.5. The molecule has 1 N–H and O–H groups in total. The largest absolute Gasteiger partial charge is 0.375 e. The minimum atomic E-state index is -0.0666. The van der Waals surface area contributed by atoms with Crippen molar-refractivity contribution < 1.29 is 9.53 Å². The summed E-state index contributed by atoms with van der Waals surface area (Å²) < 4.78 is 8.91. The van der Waals surface area contributed by atoms with Crippen molar-refractivity contribution in [2.75, 3.05) is 26.8 Å². The summed E-state index contributed by atoms with van der Waals surface area (Å²) in [4.78, 5) is 14.0. The summed E-state index contributed by atoms with van der Waals surface area (Å²) in [6.45, 7) is 6.36. The third-order valence-electron chi connectivity index (χ3n) is 4.77. The molecule has 1 aliphatic rings. The Bertz CT molecular complexity index is 738. The van der Waals surface area contributed by atoms with Gasteiger partial charge in [0, 0.05) is 53.1 Å². The van der Waals surface area contributed by atoms with Gasteiger partial charge < -0.3 is 10.1 Å². The second-order valence-electron chi connectivity index (χ2n) is 7.01. The fourth-order valence-corrected chi connectivity index (χ4v) is 3.56. The number of nitrogens with zero attached hydrogens (tertiary/aromatic N) is 5. The number of hydrogen-bond donors (Lipinski definition) is 1. The zero-order chi connectivity index (χ0) is 18.5. The number of fused-ring (bicyclic) bond motifs is 1. The molecule has 2 aromatic heterocycles. The number of methoxy groups -OCH3 is 1. The van der Waals surface area contributed by atoms with Crippen molar-refractivity contribution in [1.29, 1.82) is 0 Å². The van der Waals surface area contributed by atoms with Crippen molar-refractivity contribution in [2.45, 2.75) is 33.0 Å². The van der Waals surface area contributed by atoms with Crippen molar-refractivity contribution in [3.05, 3.63) is 35.4 Å². The molecule has 1 aliphatic heterocycles. The molecule has 0 radical (unpaired) electrons. The van der Waals surface area contributed by atoms with E-state index in [0.717, 1.165) is 38.3 Å². The van der Waals surface area contributed by atoms with E-state index in [-0.39, 0.29) is 12.5 Å². The predicted octanol–water partition coefficient (Wildman–Crippen LogP) is 0.710. The second-order valence-corrected chi connectivity index (χ2v) is 7.01. The maximum absolute atomic E-state index is 11.6. The predicted molar refractivity (Wildman–Crippen MR) is 97.3 cm³/mol. The lowest BCUT2D eigenvalue weighted by molar-refractivity contribution is -0.124. The minimum absolute atomic E-state index is 0.0666. The number of amides is 1. The van der Waals surface area contributed by atoms with Gasteiger partial charge in [0.1, 0.15) is 6.61 Å². The fraction of sp³-hybridized carbons (Fsp3) is 0.611. The van der Waals surface area contributed by atoms with E-state index in [1.807, 2.05) is 24.9 Å². The molecule has 0 aliphatic carbocycles. The lowest BCUT2D eigenvalue weighted by Gasteiger charge is -2.24. The van der Waals surface area contributed by atoms with Gasteiger partial charge in [-0.15, -0.1) is 0 Å². The van der Waals surface area contributed by atoms with Gasteiger partial charge in [-0.3, -0.25) is 19.1 Å². The van der Waals surface area contributed by atoms with E-state index in [1.54, 1.807) is 0 Å². The molecule has 0 unspecified atom stereocenters. The Morgan fingerprint density at radius 2 is 2.27 bits per heavy atom. The topological polar surface area (TPSA) is 77.2 Å². The van der Waals surface area contributed by atoms with Crippen LogP contribution in [0.4, 0.5) is 0 Å². The molecule has 0 saturated carbocycles. The molecular formula is C18H28N6O2. The zero-order valence-corrected chi connectivity index (χ0v) is 15.8. The Labute approximate surface area is 154 Å². The van der Waals surface area contributed by atoms with Crippen molar-refractivity contribution in [2.24, 2.45) is 13.0 Å². The van der Waals surface area contributed by atoms with Crippen LogP contribution >= 0.6 is 0 Å². The summed E-state index contributed by atoms with van der Waals surface area (Å²) in [5.41, 5.74) is 3.48. The molecule has 0 fully saturated rings. The second kappa shape index (κ2) is 8.46. The van der Waals surface area contributed by atoms with Crippen molar-refractivity contribution in [3.8, 4) is 0 Å². The maximum Gasteiger partial charge on any atom is 0.245 e. The molecule has 8 nitrogen and oxygen atoms in total. The van der Waals surface area contributed by atoms with Crippen LogP contribution in [-0.4, -0.2) is 57.2 Å². The fourth-order valence-electron chi connectivity index (χ4n) is 3.56. The van der Waals surface area contributed by atoms with E-state index in [2.05, 4.69) is 37.2 Å². The third-order valence-corrected chi connectivity index (χ3v) is 4.77. The summed E-state index contributed by atoms with van der Waals surface area (Å²) in [6.07, 6.45) is 2.78. The first-order valence-corrected chi connectivity index (χ1v) is 9.03. The Balaban J connectivity index is 1.64. The van der Waals surface area contributed by atoms with E-state index in [9.17, 15) is 4.79 Å². The van der Waals surface area contributed by atoms with Crippen LogP contribution < -0.4 is 5.32 Å². The minimum Gasteiger partial charge on any atom is -0.375 e. The Hall–Kier alpha value is -2.19. The molecule has 0 saturated heterocycles. The maximum atomic E-state index is 11.6. The number of hydrogen-bond acceptors (Lipinski definition) is 5. The van der Waals surface area contributed by atoms with E-state index < -0.39 is 0 Å². The van der Waals surface area contributed by atoms with Crippen LogP contribution in [0.1, 0.15) is 23.5 Å². The Morgan fingerprint density at radius 3 is 3.00 bits per heavy atom. The van der Waals surface area contributed by atoms with Gasteiger partial charge in [0.05, 0.1) is 17.1 Å². The molecule has 3 heterocycles. The van der Waals surface area contributed by atoms with Crippen LogP contribution in [0.25, 0.3) is 0 Å². The first-order valence-electron chi connectivity index (χ1n) is 9.03. The summed E-state index contributed by atoms with van der Waals surface area (Å²) in [5.74, 6) is 0.358. The average molecular weight is 360 g/mol. The highest BCUT2D eigenvalue weighted by molar-refractivity contribution is 5.77. The molecule has 1 atom stereocenters. The Kier molecular flexibility index (Phi) is 6.05. The van der Waals surface area contributed by atoms with E-state index in [4.69, 9.17) is 4.74 Å². The lowest BCUT2D eigenvalue weighted by Crippen LogP contribution is -2.33. The van der Waals surface area contributed by atoms with Gasteiger partial charge in [-0.05, 0) is 31.4 Å². The van der Waals surface area contributed by atoms with Crippen LogP contribution in [0, 0.1) is 12.8 Å². The van der Waals surface area contributed by atoms with Gasteiger partial charge in [0.25, 0.3) is 0 Å². The molecular weight excluding hydrogens is 332 g/mol. The Morgan fingerprint density at radius 1 is 1.42 bits per heavy atom. The quantitative estimate of drug-likeness (QED) is 0.787. The molecule has 0 spiro atoms. The van der Waals surface area contributed by atoms with Crippen molar-refractivity contribution >= 4 is 5.91 Å². The molecule has 2 aromatic rings. The number of ether oxygens (including phenoxy) is 1. The van der Waals surface area contributed by atoms with E-state index in [1.165, 1.54) is 18.5 Å². The molecule has 8 heteroatoms. The van der Waals surface area contributed by atoms with Gasteiger partial charge in [0.2, 0.25) is 5.91 Å². The normalized spacial score (nSPS) is 17.7. The summed E-state index contributed by atoms with van der Waals surface area (Å²) in [5, 5.41) is 11.8. The van der Waals surface area contributed by atoms with Gasteiger partial charge in [-0.2, -0.15) is 10.2 Å². The number of carbonyl (C=O) groups is 1. The van der Waals surface area contributed by atoms with Gasteiger partial charge in [-0.1, -0.05) is 0 Å².